The summed E-state index contributed by atoms with van der Waals surface area (Å²) in [6.45, 7) is 2.06. The second kappa shape index (κ2) is 8.26. The molecule has 5 N–H and O–H groups in total. The van der Waals surface area contributed by atoms with Gasteiger partial charge in [-0.15, -0.1) is 0 Å². The predicted octanol–water partition coefficient (Wildman–Crippen LogP) is -0.850. The van der Waals surface area contributed by atoms with Gasteiger partial charge in [0.1, 0.15) is 0 Å². The van der Waals surface area contributed by atoms with E-state index in [9.17, 15) is 4.79 Å². The van der Waals surface area contributed by atoms with Crippen LogP contribution in [0.25, 0.3) is 0 Å². The fourth-order valence-corrected chi connectivity index (χ4v) is 0.142. The van der Waals surface area contributed by atoms with Crippen LogP contribution in [0.2, 0.25) is 0 Å². The number of amidine groups is 1. The van der Waals surface area contributed by atoms with Gasteiger partial charge in [-0.25, -0.2) is 4.79 Å². The molecule has 0 bridgehead atoms. The third kappa shape index (κ3) is 55.7. The molecule has 5 nitrogen and oxygen atoms in total. The quantitative estimate of drug-likeness (QED) is 0.299. The van der Waals surface area contributed by atoms with E-state index in [1.807, 2.05) is 0 Å². The van der Waals surface area contributed by atoms with Crippen molar-refractivity contribution < 1.29 is 9.53 Å². The zero-order chi connectivity index (χ0) is 8.57. The first-order valence-corrected chi connectivity index (χ1v) is 3.29. The van der Waals surface area contributed by atoms with Crippen molar-refractivity contribution in [3.05, 3.63) is 0 Å². The van der Waals surface area contributed by atoms with Crippen LogP contribution in [0, 0.1) is 5.41 Å². The van der Waals surface area contributed by atoms with Gasteiger partial charge in [-0.1, -0.05) is 0 Å². The number of nitrogens with two attached hydrogens (primary N) is 2. The minimum absolute atomic E-state index is 0.0417. The first kappa shape index (κ1) is 12.0. The van der Waals surface area contributed by atoms with E-state index in [0.29, 0.717) is 6.61 Å². The Balaban J connectivity index is 0. The summed E-state index contributed by atoms with van der Waals surface area (Å²) in [5.41, 5.74) is 9.18. The van der Waals surface area contributed by atoms with Crippen LogP contribution in [0.3, 0.4) is 0 Å². The minimum atomic E-state index is -0.711. The molecule has 0 aromatic rings. The summed E-state index contributed by atoms with van der Waals surface area (Å²) in [5, 5.41) is 6.22. The topological polar surface area (TPSA) is 102 Å². The fourth-order valence-electron chi connectivity index (χ4n) is 0.142. The van der Waals surface area contributed by atoms with Gasteiger partial charge < -0.3 is 10.5 Å². The van der Waals surface area contributed by atoms with Crippen molar-refractivity contribution in [3.63, 3.8) is 0 Å². The molecule has 6 heteroatoms. The molecule has 0 fully saturated rings. The molecular formula is C4H10N3O2Se. The number of ether oxygens (including phenoxy) is 1. The Labute approximate surface area is 67.4 Å². The number of amides is 1. The second-order valence-electron chi connectivity index (χ2n) is 1.12. The maximum absolute atomic E-state index is 9.60. The summed E-state index contributed by atoms with van der Waals surface area (Å²) >= 11 is 2.26. The molecule has 0 aliphatic carbocycles. The summed E-state index contributed by atoms with van der Waals surface area (Å²) in [7, 11) is 0. The summed E-state index contributed by atoms with van der Waals surface area (Å²) in [6, 6.07) is 0. The Bertz CT molecular complexity index is 113. The molecule has 1 radical (unpaired) electrons. The van der Waals surface area contributed by atoms with Crippen molar-refractivity contribution in [1.29, 1.82) is 5.41 Å². The van der Waals surface area contributed by atoms with E-state index in [-0.39, 0.29) is 4.73 Å². The maximum atomic E-state index is 9.60. The Morgan fingerprint density at radius 3 is 2.00 bits per heavy atom. The number of rotatable bonds is 1. The number of nitrogens with one attached hydrogen (secondary N) is 1. The number of carbonyl (C=O) groups is 1. The Morgan fingerprint density at radius 2 is 2.00 bits per heavy atom. The van der Waals surface area contributed by atoms with Crippen LogP contribution in [0.15, 0.2) is 0 Å². The van der Waals surface area contributed by atoms with Gasteiger partial charge in [0.05, 0.1) is 6.61 Å². The summed E-state index contributed by atoms with van der Waals surface area (Å²) < 4.78 is 4.22. The van der Waals surface area contributed by atoms with Crippen molar-refractivity contribution in [2.24, 2.45) is 11.5 Å². The summed E-state index contributed by atoms with van der Waals surface area (Å²) in [6.07, 6.45) is -0.711. The molecule has 0 spiro atoms. The van der Waals surface area contributed by atoms with Crippen molar-refractivity contribution in [2.75, 3.05) is 6.61 Å². The van der Waals surface area contributed by atoms with Crippen LogP contribution in [-0.4, -0.2) is 33.4 Å². The van der Waals surface area contributed by atoms with Gasteiger partial charge in [0.25, 0.3) is 0 Å². The second-order valence-corrected chi connectivity index (χ2v) is 2.04. The third-order valence-corrected chi connectivity index (χ3v) is 0.287. The molecule has 0 heterocycles. The van der Waals surface area contributed by atoms with Gasteiger partial charge in [-0.2, -0.15) is 0 Å². The van der Waals surface area contributed by atoms with E-state index in [0.717, 1.165) is 0 Å². The van der Waals surface area contributed by atoms with Gasteiger partial charge in [-0.3, -0.25) is 0 Å². The molecule has 0 aliphatic heterocycles. The fraction of sp³-hybridized carbons (Fsp3) is 0.500. The van der Waals surface area contributed by atoms with Crippen molar-refractivity contribution in [2.45, 2.75) is 6.92 Å². The van der Waals surface area contributed by atoms with Crippen molar-refractivity contribution in [3.8, 4) is 0 Å². The molecule has 59 valence electrons. The normalized spacial score (nSPS) is 6.90. The molecule has 0 aromatic carbocycles. The average molecular weight is 211 g/mol. The SMILES string of the molecule is CCOC(N)=O.N=C(N)[Se]. The van der Waals surface area contributed by atoms with Gasteiger partial charge in [0, 0.05) is 0 Å². The zero-order valence-electron chi connectivity index (χ0n) is 5.59. The van der Waals surface area contributed by atoms with E-state index in [4.69, 9.17) is 5.41 Å². The summed E-state index contributed by atoms with van der Waals surface area (Å²) in [5.74, 6) is 0. The van der Waals surface area contributed by atoms with Gasteiger partial charge >= 0.3 is 38.0 Å². The number of primary amides is 1. The van der Waals surface area contributed by atoms with Crippen molar-refractivity contribution in [1.82, 2.24) is 0 Å². The van der Waals surface area contributed by atoms with Crippen LogP contribution in [-0.2, 0) is 4.74 Å². The third-order valence-electron chi connectivity index (χ3n) is 0.287. The molecule has 0 atom stereocenters. The van der Waals surface area contributed by atoms with Gasteiger partial charge in [0.15, 0.2) is 0 Å². The van der Waals surface area contributed by atoms with E-state index in [1.165, 1.54) is 0 Å². The molecule has 0 aliphatic rings. The van der Waals surface area contributed by atoms with Crippen LogP contribution < -0.4 is 11.5 Å². The average Bonchev–Trinajstić information content (AvgIpc) is 1.62. The first-order chi connectivity index (χ1) is 4.50. The number of hydrogen-bond acceptors (Lipinski definition) is 3. The summed E-state index contributed by atoms with van der Waals surface area (Å²) in [4.78, 5) is 9.60. The van der Waals surface area contributed by atoms with Crippen molar-refractivity contribution >= 4 is 26.8 Å². The van der Waals surface area contributed by atoms with Gasteiger partial charge in [0.2, 0.25) is 0 Å². The molecule has 0 aromatic heterocycles. The molecule has 0 unspecified atom stereocenters. The van der Waals surface area contributed by atoms with E-state index in [2.05, 4.69) is 32.2 Å². The first-order valence-electron chi connectivity index (χ1n) is 2.44. The Hall–Kier alpha value is -0.741. The molecular weight excluding hydrogens is 201 g/mol. The molecule has 10 heavy (non-hydrogen) atoms. The predicted molar refractivity (Wildman–Crippen MR) is 38.9 cm³/mol. The monoisotopic (exact) mass is 212 g/mol. The number of carbonyl (C=O) groups excluding carboxylic acids is 1. The van der Waals surface area contributed by atoms with E-state index in [1.54, 1.807) is 6.92 Å². The Kier molecular flexibility index (Phi) is 9.90. The van der Waals surface area contributed by atoms with Gasteiger partial charge in [-0.05, 0) is 6.92 Å². The zero-order valence-corrected chi connectivity index (χ0v) is 7.30. The van der Waals surface area contributed by atoms with Crippen LogP contribution >= 0.6 is 0 Å². The van der Waals surface area contributed by atoms with E-state index >= 15 is 0 Å². The Morgan fingerprint density at radius 1 is 1.70 bits per heavy atom. The molecule has 0 saturated carbocycles. The molecule has 0 saturated heterocycles. The standard InChI is InChI=1S/C3H7NO2.CH3N2Se/c1-2-6-3(4)5;2-1(3)4/h2H2,1H3,(H2,4,5);(H3,2,3). The van der Waals surface area contributed by atoms with Crippen LogP contribution in [0.4, 0.5) is 4.79 Å². The van der Waals surface area contributed by atoms with Crippen LogP contribution in [0.5, 0.6) is 0 Å². The van der Waals surface area contributed by atoms with E-state index < -0.39 is 6.09 Å². The molecule has 1 amide bonds. The molecule has 0 rings (SSSR count). The number of hydrogen-bond donors (Lipinski definition) is 3. The van der Waals surface area contributed by atoms with Crippen LogP contribution in [0.1, 0.15) is 6.92 Å².